The van der Waals surface area contributed by atoms with Crippen LogP contribution in [0.3, 0.4) is 0 Å². The number of aliphatic hydroxyl groups excluding tert-OH is 1. The van der Waals surface area contributed by atoms with E-state index in [9.17, 15) is 0 Å². The highest BCUT2D eigenvalue weighted by molar-refractivity contribution is 7.10. The average molecular weight is 293 g/mol. The molecule has 0 saturated carbocycles. The molecule has 1 saturated heterocycles. The Bertz CT molecular complexity index is 455. The Morgan fingerprint density at radius 2 is 2.45 bits per heavy atom. The summed E-state index contributed by atoms with van der Waals surface area (Å²) in [7, 11) is 2.16. The third-order valence-electron chi connectivity index (χ3n) is 3.48. The second kappa shape index (κ2) is 8.43. The fraction of sp³-hybridized carbons (Fsp3) is 0.625. The van der Waals surface area contributed by atoms with Gasteiger partial charge in [-0.15, -0.1) is 11.3 Å². The summed E-state index contributed by atoms with van der Waals surface area (Å²) >= 11 is 1.74. The van der Waals surface area contributed by atoms with Crippen LogP contribution in [0.1, 0.15) is 36.1 Å². The molecule has 3 nitrogen and oxygen atoms in total. The van der Waals surface area contributed by atoms with Gasteiger partial charge in [0.1, 0.15) is 6.61 Å². The van der Waals surface area contributed by atoms with E-state index in [1.165, 1.54) is 30.6 Å². The van der Waals surface area contributed by atoms with Crippen LogP contribution in [0.5, 0.6) is 0 Å². The van der Waals surface area contributed by atoms with E-state index in [1.807, 2.05) is 0 Å². The molecular weight excluding hydrogens is 270 g/mol. The Morgan fingerprint density at radius 1 is 1.55 bits per heavy atom. The summed E-state index contributed by atoms with van der Waals surface area (Å²) in [6, 6.07) is 2.11. The molecule has 0 bridgehead atoms. The molecule has 2 rings (SSSR count). The van der Waals surface area contributed by atoms with Gasteiger partial charge in [0.2, 0.25) is 0 Å². The Kier molecular flexibility index (Phi) is 6.55. The first-order valence-electron chi connectivity index (χ1n) is 7.25. The Morgan fingerprint density at radius 3 is 3.20 bits per heavy atom. The van der Waals surface area contributed by atoms with Gasteiger partial charge in [0.25, 0.3) is 0 Å². The van der Waals surface area contributed by atoms with Gasteiger partial charge >= 0.3 is 0 Å². The van der Waals surface area contributed by atoms with Crippen LogP contribution in [0.2, 0.25) is 0 Å². The molecule has 1 unspecified atom stereocenters. The molecule has 1 fully saturated rings. The number of rotatable bonds is 6. The molecule has 1 aromatic rings. The van der Waals surface area contributed by atoms with Gasteiger partial charge < -0.3 is 14.7 Å². The van der Waals surface area contributed by atoms with E-state index >= 15 is 0 Å². The second-order valence-corrected chi connectivity index (χ2v) is 6.27. The summed E-state index contributed by atoms with van der Waals surface area (Å²) in [6.07, 6.45) is 5.35. The topological polar surface area (TPSA) is 32.7 Å². The van der Waals surface area contributed by atoms with Crippen LogP contribution >= 0.6 is 11.3 Å². The van der Waals surface area contributed by atoms with E-state index in [2.05, 4.69) is 35.2 Å². The van der Waals surface area contributed by atoms with Crippen LogP contribution in [0.25, 0.3) is 0 Å². The molecule has 0 amide bonds. The maximum Gasteiger partial charge on any atom is 0.104 e. The van der Waals surface area contributed by atoms with Crippen molar-refractivity contribution < 1.29 is 9.84 Å². The lowest BCUT2D eigenvalue weighted by molar-refractivity contribution is 0.0995. The quantitative estimate of drug-likeness (QED) is 0.818. The first-order chi connectivity index (χ1) is 9.78. The van der Waals surface area contributed by atoms with Crippen LogP contribution in [-0.4, -0.2) is 42.9 Å². The van der Waals surface area contributed by atoms with Crippen LogP contribution in [0.15, 0.2) is 11.4 Å². The fourth-order valence-electron chi connectivity index (χ4n) is 2.48. The maximum atomic E-state index is 8.68. The number of aliphatic hydroxyl groups is 1. The van der Waals surface area contributed by atoms with Gasteiger partial charge in [-0.3, -0.25) is 0 Å². The summed E-state index contributed by atoms with van der Waals surface area (Å²) < 4.78 is 5.64. The summed E-state index contributed by atoms with van der Waals surface area (Å²) in [4.78, 5) is 3.68. The van der Waals surface area contributed by atoms with Crippen molar-refractivity contribution in [2.24, 2.45) is 0 Å². The first-order valence-corrected chi connectivity index (χ1v) is 8.13. The zero-order valence-electron chi connectivity index (χ0n) is 12.1. The summed E-state index contributed by atoms with van der Waals surface area (Å²) in [6.45, 7) is 2.95. The minimum atomic E-state index is -0.0751. The highest BCUT2D eigenvalue weighted by atomic mass is 32.1. The Hall–Kier alpha value is -0.860. The van der Waals surface area contributed by atoms with Gasteiger partial charge in [0.05, 0.1) is 6.10 Å². The number of nitrogens with zero attached hydrogens (tertiary/aromatic N) is 1. The lowest BCUT2D eigenvalue weighted by Gasteiger charge is -2.16. The minimum Gasteiger partial charge on any atom is -0.384 e. The maximum absolute atomic E-state index is 8.68. The number of hydrogen-bond donors (Lipinski definition) is 1. The molecule has 1 atom stereocenters. The molecule has 0 aliphatic carbocycles. The molecule has 0 radical (unpaired) electrons. The molecular formula is C16H23NO2S. The van der Waals surface area contributed by atoms with Crippen molar-refractivity contribution in [3.8, 4) is 11.8 Å². The van der Waals surface area contributed by atoms with Crippen molar-refractivity contribution in [2.45, 2.75) is 38.3 Å². The van der Waals surface area contributed by atoms with E-state index in [0.717, 1.165) is 25.3 Å². The Labute approximate surface area is 125 Å². The second-order valence-electron chi connectivity index (χ2n) is 5.28. The van der Waals surface area contributed by atoms with Gasteiger partial charge in [-0.05, 0) is 45.3 Å². The van der Waals surface area contributed by atoms with Crippen LogP contribution in [-0.2, 0) is 11.3 Å². The van der Waals surface area contributed by atoms with Gasteiger partial charge in [0, 0.05) is 29.0 Å². The van der Waals surface area contributed by atoms with Crippen molar-refractivity contribution in [1.29, 1.82) is 0 Å². The van der Waals surface area contributed by atoms with Crippen LogP contribution in [0, 0.1) is 11.8 Å². The molecule has 0 spiro atoms. The van der Waals surface area contributed by atoms with E-state index < -0.39 is 0 Å². The Balaban J connectivity index is 1.67. The molecule has 4 heteroatoms. The third-order valence-corrected chi connectivity index (χ3v) is 4.40. The van der Waals surface area contributed by atoms with E-state index in [4.69, 9.17) is 9.84 Å². The zero-order chi connectivity index (χ0) is 14.2. The highest BCUT2D eigenvalue weighted by Gasteiger charge is 2.15. The van der Waals surface area contributed by atoms with Gasteiger partial charge in [-0.1, -0.05) is 11.8 Å². The van der Waals surface area contributed by atoms with Crippen LogP contribution in [0.4, 0.5) is 0 Å². The van der Waals surface area contributed by atoms with Gasteiger partial charge in [0.15, 0.2) is 0 Å². The number of hydrogen-bond acceptors (Lipinski definition) is 4. The normalized spacial score (nSPS) is 18.2. The van der Waals surface area contributed by atoms with Crippen molar-refractivity contribution in [2.75, 3.05) is 26.8 Å². The molecule has 2 heterocycles. The molecule has 1 aliphatic heterocycles. The van der Waals surface area contributed by atoms with E-state index in [0.29, 0.717) is 6.10 Å². The van der Waals surface area contributed by atoms with Gasteiger partial charge in [-0.2, -0.15) is 0 Å². The first kappa shape index (κ1) is 15.5. The van der Waals surface area contributed by atoms with E-state index in [-0.39, 0.29) is 6.61 Å². The lowest BCUT2D eigenvalue weighted by atomic mass is 10.1. The van der Waals surface area contributed by atoms with Gasteiger partial charge in [-0.25, -0.2) is 0 Å². The molecule has 110 valence electrons. The summed E-state index contributed by atoms with van der Waals surface area (Å²) in [5.74, 6) is 5.63. The largest absolute Gasteiger partial charge is 0.384 e. The van der Waals surface area contributed by atoms with E-state index in [1.54, 1.807) is 11.3 Å². The lowest BCUT2D eigenvalue weighted by Crippen LogP contribution is -2.20. The molecule has 1 aliphatic rings. The number of thiophene rings is 1. The minimum absolute atomic E-state index is 0.0751. The predicted molar refractivity (Wildman–Crippen MR) is 82.8 cm³/mol. The van der Waals surface area contributed by atoms with Crippen molar-refractivity contribution >= 4 is 11.3 Å². The third kappa shape index (κ3) is 5.26. The van der Waals surface area contributed by atoms with Crippen molar-refractivity contribution in [1.82, 2.24) is 4.90 Å². The van der Waals surface area contributed by atoms with Crippen molar-refractivity contribution in [3.63, 3.8) is 0 Å². The van der Waals surface area contributed by atoms with Crippen LogP contribution < -0.4 is 0 Å². The SMILES string of the molecule is CN(CCCC1CCCO1)Cc1cc(C#CCO)cs1. The predicted octanol–water partition coefficient (Wildman–Crippen LogP) is 2.48. The number of ether oxygens (including phenoxy) is 1. The smallest absolute Gasteiger partial charge is 0.104 e. The molecule has 0 aromatic carbocycles. The summed E-state index contributed by atoms with van der Waals surface area (Å²) in [5, 5.41) is 10.7. The highest BCUT2D eigenvalue weighted by Crippen LogP contribution is 2.18. The standard InChI is InChI=1S/C16H23NO2S/c1-17(8-2-6-15-7-4-10-19-15)12-16-11-14(13-20-16)5-3-9-18/h11,13,15,18H,2,4,6-10,12H2,1H3. The zero-order valence-corrected chi connectivity index (χ0v) is 12.9. The fourth-order valence-corrected chi connectivity index (χ4v) is 3.37. The monoisotopic (exact) mass is 293 g/mol. The average Bonchev–Trinajstić information content (AvgIpc) is 3.08. The molecule has 1 N–H and O–H groups in total. The molecule has 1 aromatic heterocycles. The molecule has 20 heavy (non-hydrogen) atoms. The van der Waals surface area contributed by atoms with Crippen molar-refractivity contribution in [3.05, 3.63) is 21.9 Å². The summed E-state index contributed by atoms with van der Waals surface area (Å²) in [5.41, 5.74) is 1.01.